The van der Waals surface area contributed by atoms with Crippen LogP contribution in [0.2, 0.25) is 0 Å². The second-order valence-corrected chi connectivity index (χ2v) is 3.20. The van der Waals surface area contributed by atoms with Crippen LogP contribution in [0.3, 0.4) is 0 Å². The number of nitrogens with zero attached hydrogens (tertiary/aromatic N) is 1. The van der Waals surface area contributed by atoms with Crippen molar-refractivity contribution in [3.8, 4) is 5.19 Å². The summed E-state index contributed by atoms with van der Waals surface area (Å²) in [6.45, 7) is 2.62. The molecule has 0 aliphatic rings. The van der Waals surface area contributed by atoms with Crippen LogP contribution in [-0.4, -0.2) is 17.5 Å². The van der Waals surface area contributed by atoms with Gasteiger partial charge in [0.2, 0.25) is 0 Å². The average Bonchev–Trinajstić information content (AvgIpc) is 2.48. The Morgan fingerprint density at radius 2 is 2.58 bits per heavy atom. The molecule has 5 heteroatoms. The summed E-state index contributed by atoms with van der Waals surface area (Å²) >= 11 is 1.17. The van der Waals surface area contributed by atoms with Crippen molar-refractivity contribution in [1.82, 2.24) is 4.98 Å². The highest BCUT2D eigenvalue weighted by atomic mass is 32.1. The van der Waals surface area contributed by atoms with Crippen molar-refractivity contribution in [2.75, 3.05) is 6.61 Å². The van der Waals surface area contributed by atoms with E-state index in [4.69, 9.17) is 10.5 Å². The molecule has 2 N–H and O–H groups in total. The van der Waals surface area contributed by atoms with Crippen molar-refractivity contribution in [1.29, 1.82) is 0 Å². The zero-order valence-corrected chi connectivity index (χ0v) is 7.56. The quantitative estimate of drug-likeness (QED) is 0.763. The van der Waals surface area contributed by atoms with Crippen LogP contribution < -0.4 is 10.5 Å². The smallest absolute Gasteiger partial charge is 0.273 e. The summed E-state index contributed by atoms with van der Waals surface area (Å²) in [5.41, 5.74) is 5.03. The number of rotatable bonds is 4. The molecule has 0 saturated heterocycles. The zero-order valence-electron chi connectivity index (χ0n) is 6.74. The number of thiazole rings is 1. The van der Waals surface area contributed by atoms with Crippen LogP contribution in [0.5, 0.6) is 5.19 Å². The van der Waals surface area contributed by atoms with Gasteiger partial charge in [0.25, 0.3) is 11.1 Å². The number of primary amides is 1. The Hall–Kier alpha value is -1.10. The molecule has 4 nitrogen and oxygen atoms in total. The summed E-state index contributed by atoms with van der Waals surface area (Å²) in [4.78, 5) is 14.9. The maximum Gasteiger partial charge on any atom is 0.273 e. The SMILES string of the molecule is CCCOc1ncc(C(N)=O)s1. The highest BCUT2D eigenvalue weighted by Crippen LogP contribution is 2.19. The lowest BCUT2D eigenvalue weighted by Crippen LogP contribution is -2.08. The summed E-state index contributed by atoms with van der Waals surface area (Å²) in [7, 11) is 0. The Balaban J connectivity index is 2.58. The van der Waals surface area contributed by atoms with Gasteiger partial charge in [-0.2, -0.15) is 0 Å². The molecule has 66 valence electrons. The Kier molecular flexibility index (Phi) is 3.04. The first-order valence-electron chi connectivity index (χ1n) is 3.62. The van der Waals surface area contributed by atoms with Crippen LogP contribution in [-0.2, 0) is 0 Å². The molecular formula is C7H10N2O2S. The average molecular weight is 186 g/mol. The lowest BCUT2D eigenvalue weighted by atomic mass is 10.5. The minimum absolute atomic E-state index is 0.432. The Bertz CT molecular complexity index is 272. The van der Waals surface area contributed by atoms with Gasteiger partial charge in [-0.05, 0) is 6.42 Å². The third-order valence-electron chi connectivity index (χ3n) is 1.16. The minimum Gasteiger partial charge on any atom is -0.470 e. The second-order valence-electron chi connectivity index (χ2n) is 2.20. The van der Waals surface area contributed by atoms with Gasteiger partial charge in [-0.25, -0.2) is 4.98 Å². The molecule has 0 saturated carbocycles. The maximum absolute atomic E-state index is 10.6. The van der Waals surface area contributed by atoms with Crippen molar-refractivity contribution in [3.05, 3.63) is 11.1 Å². The lowest BCUT2D eigenvalue weighted by Gasteiger charge is -1.96. The van der Waals surface area contributed by atoms with E-state index >= 15 is 0 Å². The molecule has 0 fully saturated rings. The molecule has 0 spiro atoms. The standard InChI is InChI=1S/C7H10N2O2S/c1-2-3-11-7-9-4-5(12-7)6(8)10/h4H,2-3H2,1H3,(H2,8,10). The van der Waals surface area contributed by atoms with E-state index in [1.165, 1.54) is 17.5 Å². The van der Waals surface area contributed by atoms with Crippen LogP contribution in [0.1, 0.15) is 23.0 Å². The fraction of sp³-hybridized carbons (Fsp3) is 0.429. The highest BCUT2D eigenvalue weighted by molar-refractivity contribution is 7.15. The van der Waals surface area contributed by atoms with E-state index in [-0.39, 0.29) is 0 Å². The Morgan fingerprint density at radius 3 is 3.08 bits per heavy atom. The first kappa shape index (κ1) is 8.99. The topological polar surface area (TPSA) is 65.2 Å². The summed E-state index contributed by atoms with van der Waals surface area (Å²) in [5.74, 6) is -0.459. The predicted molar refractivity (Wildman–Crippen MR) is 46.4 cm³/mol. The number of amides is 1. The molecule has 1 aromatic rings. The monoisotopic (exact) mass is 186 g/mol. The van der Waals surface area contributed by atoms with Gasteiger partial charge in [0.15, 0.2) is 0 Å². The van der Waals surface area contributed by atoms with E-state index in [0.717, 1.165) is 6.42 Å². The van der Waals surface area contributed by atoms with E-state index in [1.807, 2.05) is 6.92 Å². The van der Waals surface area contributed by atoms with E-state index in [0.29, 0.717) is 16.7 Å². The number of ether oxygens (including phenoxy) is 1. The van der Waals surface area contributed by atoms with Crippen molar-refractivity contribution < 1.29 is 9.53 Å². The zero-order chi connectivity index (χ0) is 8.97. The van der Waals surface area contributed by atoms with Gasteiger partial charge in [-0.1, -0.05) is 18.3 Å². The fourth-order valence-electron chi connectivity index (χ4n) is 0.628. The van der Waals surface area contributed by atoms with Crippen LogP contribution in [0.15, 0.2) is 6.20 Å². The molecule has 1 rings (SSSR count). The summed E-state index contributed by atoms with van der Waals surface area (Å²) in [6, 6.07) is 0. The Labute approximate surface area is 74.4 Å². The summed E-state index contributed by atoms with van der Waals surface area (Å²) in [5, 5.41) is 0.505. The fourth-order valence-corrected chi connectivity index (χ4v) is 1.27. The largest absolute Gasteiger partial charge is 0.470 e. The van der Waals surface area contributed by atoms with Crippen molar-refractivity contribution in [2.45, 2.75) is 13.3 Å². The van der Waals surface area contributed by atoms with Gasteiger partial charge >= 0.3 is 0 Å². The predicted octanol–water partition coefficient (Wildman–Crippen LogP) is 1.03. The Morgan fingerprint density at radius 1 is 1.83 bits per heavy atom. The van der Waals surface area contributed by atoms with Crippen molar-refractivity contribution >= 4 is 17.2 Å². The minimum atomic E-state index is -0.459. The molecule has 0 atom stereocenters. The molecule has 12 heavy (non-hydrogen) atoms. The molecule has 0 aromatic carbocycles. The number of hydrogen-bond acceptors (Lipinski definition) is 4. The number of nitrogens with two attached hydrogens (primary N) is 1. The summed E-state index contributed by atoms with van der Waals surface area (Å²) in [6.07, 6.45) is 2.35. The van der Waals surface area contributed by atoms with Gasteiger partial charge in [0.1, 0.15) is 4.88 Å². The van der Waals surface area contributed by atoms with Gasteiger partial charge in [-0.15, -0.1) is 0 Å². The van der Waals surface area contributed by atoms with Crippen LogP contribution >= 0.6 is 11.3 Å². The van der Waals surface area contributed by atoms with E-state index in [2.05, 4.69) is 4.98 Å². The van der Waals surface area contributed by atoms with Crippen LogP contribution in [0.25, 0.3) is 0 Å². The number of hydrogen-bond donors (Lipinski definition) is 1. The third kappa shape index (κ3) is 2.20. The highest BCUT2D eigenvalue weighted by Gasteiger charge is 2.06. The van der Waals surface area contributed by atoms with Gasteiger partial charge in [-0.3, -0.25) is 4.79 Å². The van der Waals surface area contributed by atoms with Crippen molar-refractivity contribution in [3.63, 3.8) is 0 Å². The van der Waals surface area contributed by atoms with E-state index in [9.17, 15) is 4.79 Å². The molecule has 0 aliphatic carbocycles. The van der Waals surface area contributed by atoms with Gasteiger partial charge in [0, 0.05) is 0 Å². The first-order valence-corrected chi connectivity index (χ1v) is 4.44. The molecule has 1 aromatic heterocycles. The molecule has 1 heterocycles. The molecule has 0 unspecified atom stereocenters. The number of carbonyl (C=O) groups excluding carboxylic acids is 1. The lowest BCUT2D eigenvalue weighted by molar-refractivity contribution is 0.100. The first-order chi connectivity index (χ1) is 5.74. The number of aromatic nitrogens is 1. The van der Waals surface area contributed by atoms with E-state index < -0.39 is 5.91 Å². The molecule has 0 aliphatic heterocycles. The molecular weight excluding hydrogens is 176 g/mol. The van der Waals surface area contributed by atoms with Crippen LogP contribution in [0, 0.1) is 0 Å². The van der Waals surface area contributed by atoms with Gasteiger partial charge < -0.3 is 10.5 Å². The number of carbonyl (C=O) groups is 1. The third-order valence-corrected chi connectivity index (χ3v) is 2.08. The van der Waals surface area contributed by atoms with Crippen molar-refractivity contribution in [2.24, 2.45) is 5.73 Å². The van der Waals surface area contributed by atoms with Gasteiger partial charge in [0.05, 0.1) is 12.8 Å². The molecule has 0 bridgehead atoms. The molecule has 0 radical (unpaired) electrons. The normalized spacial score (nSPS) is 9.75. The molecule has 1 amide bonds. The van der Waals surface area contributed by atoms with Crippen LogP contribution in [0.4, 0.5) is 0 Å². The summed E-state index contributed by atoms with van der Waals surface area (Å²) < 4.78 is 5.19. The van der Waals surface area contributed by atoms with E-state index in [1.54, 1.807) is 0 Å². The second kappa shape index (κ2) is 4.06. The maximum atomic E-state index is 10.6.